The number of halogens is 5. The Morgan fingerprint density at radius 3 is 2.00 bits per heavy atom. The van der Waals surface area contributed by atoms with Crippen LogP contribution in [0, 0.1) is 29.1 Å². The highest BCUT2D eigenvalue weighted by Gasteiger charge is 2.34. The zero-order chi connectivity index (χ0) is 29.8. The largest absolute Gasteiger partial charge is 0.392 e. The molecule has 5 rings (SSSR count). The predicted molar refractivity (Wildman–Crippen MR) is 140 cm³/mol. The minimum Gasteiger partial charge on any atom is -0.392 e. The van der Waals surface area contributed by atoms with E-state index in [1.54, 1.807) is 24.3 Å². The number of benzene rings is 3. The summed E-state index contributed by atoms with van der Waals surface area (Å²) in [7, 11) is 0. The van der Waals surface area contributed by atoms with Gasteiger partial charge in [0.1, 0.15) is 5.56 Å². The zero-order valence-electron chi connectivity index (χ0n) is 22.4. The molecule has 2 saturated heterocycles. The van der Waals surface area contributed by atoms with Crippen LogP contribution in [0.25, 0.3) is 0 Å². The first-order valence-corrected chi connectivity index (χ1v) is 13.4. The molecular formula is C30H29F5N2O5. The number of rotatable bonds is 8. The molecule has 0 spiro atoms. The molecule has 0 bridgehead atoms. The van der Waals surface area contributed by atoms with Crippen LogP contribution in [-0.4, -0.2) is 54.9 Å². The molecule has 1 amide bonds. The van der Waals surface area contributed by atoms with E-state index in [0.717, 1.165) is 24.2 Å². The van der Waals surface area contributed by atoms with Crippen LogP contribution in [0.15, 0.2) is 48.5 Å². The predicted octanol–water partition coefficient (Wildman–Crippen LogP) is 4.68. The maximum Gasteiger partial charge on any atom is 0.257 e. The van der Waals surface area contributed by atoms with Gasteiger partial charge in [-0.2, -0.15) is 0 Å². The smallest absolute Gasteiger partial charge is 0.257 e. The lowest BCUT2D eigenvalue weighted by molar-refractivity contribution is -0.253. The second-order valence-electron chi connectivity index (χ2n) is 10.1. The van der Waals surface area contributed by atoms with Crippen molar-refractivity contribution in [2.24, 2.45) is 0 Å². The molecule has 2 N–H and O–H groups in total. The van der Waals surface area contributed by atoms with Crippen molar-refractivity contribution in [3.8, 4) is 0 Å². The van der Waals surface area contributed by atoms with Gasteiger partial charge in [-0.05, 0) is 16.7 Å². The maximum absolute atomic E-state index is 14.0. The molecule has 0 aliphatic carbocycles. The van der Waals surface area contributed by atoms with Crippen molar-refractivity contribution < 1.29 is 46.1 Å². The van der Waals surface area contributed by atoms with Gasteiger partial charge in [0.15, 0.2) is 29.6 Å². The Morgan fingerprint density at radius 1 is 0.810 bits per heavy atom. The van der Waals surface area contributed by atoms with Gasteiger partial charge in [0, 0.05) is 38.2 Å². The third kappa shape index (κ3) is 6.63. The lowest BCUT2D eigenvalue weighted by atomic mass is 9.99. The molecule has 3 aromatic carbocycles. The number of hydrogen-bond acceptors (Lipinski definition) is 6. The molecular weight excluding hydrogens is 563 g/mol. The highest BCUT2D eigenvalue weighted by atomic mass is 19.2. The van der Waals surface area contributed by atoms with Crippen LogP contribution < -0.4 is 5.32 Å². The monoisotopic (exact) mass is 592 g/mol. The van der Waals surface area contributed by atoms with Crippen LogP contribution >= 0.6 is 0 Å². The SMILES string of the molecule is O=C(NCc1ccc([C@H]2O[C@@H](CN3CCOCC3)C[C@@H](c3ccc(CO)cc3)O2)cc1)c1c(F)c(F)c(F)c(F)c1F. The van der Waals surface area contributed by atoms with Crippen molar-refractivity contribution in [1.82, 2.24) is 10.2 Å². The number of nitrogens with one attached hydrogen (secondary N) is 1. The van der Waals surface area contributed by atoms with Crippen LogP contribution in [0.2, 0.25) is 0 Å². The molecule has 2 aliphatic rings. The number of carbonyl (C=O) groups is 1. The van der Waals surface area contributed by atoms with Crippen molar-refractivity contribution in [2.45, 2.75) is 38.1 Å². The van der Waals surface area contributed by atoms with E-state index in [1.807, 2.05) is 24.3 Å². The van der Waals surface area contributed by atoms with Gasteiger partial charge in [-0.15, -0.1) is 0 Å². The van der Waals surface area contributed by atoms with Crippen LogP contribution in [0.3, 0.4) is 0 Å². The third-order valence-electron chi connectivity index (χ3n) is 7.32. The van der Waals surface area contributed by atoms with Crippen molar-refractivity contribution in [3.05, 3.63) is 105 Å². The summed E-state index contributed by atoms with van der Waals surface area (Å²) in [4.78, 5) is 14.6. The Kier molecular flexibility index (Phi) is 9.49. The standard InChI is InChI=1S/C30H29F5N2O5/c31-24-23(25(32)27(34)28(35)26(24)33)29(39)36-14-17-1-7-20(8-2-17)30-41-21(15-37-9-11-40-12-10-37)13-22(42-30)19-5-3-18(16-38)4-6-19/h1-8,21-22,30,38H,9-16H2,(H,36,39)/t21-,22+,30+/m1/s1. The molecule has 7 nitrogen and oxygen atoms in total. The minimum absolute atomic E-state index is 0.0639. The van der Waals surface area contributed by atoms with E-state index in [9.17, 15) is 31.9 Å². The lowest BCUT2D eigenvalue weighted by Gasteiger charge is -2.39. The maximum atomic E-state index is 14.0. The number of aliphatic hydroxyl groups excluding tert-OH is 1. The van der Waals surface area contributed by atoms with Gasteiger partial charge in [-0.3, -0.25) is 9.69 Å². The molecule has 224 valence electrons. The molecule has 0 radical (unpaired) electrons. The number of carbonyl (C=O) groups excluding carboxylic acids is 1. The summed E-state index contributed by atoms with van der Waals surface area (Å²) in [6, 6.07) is 14.2. The molecule has 42 heavy (non-hydrogen) atoms. The summed E-state index contributed by atoms with van der Waals surface area (Å²) in [5, 5.41) is 11.6. The first-order chi connectivity index (χ1) is 20.2. The number of amides is 1. The second-order valence-corrected chi connectivity index (χ2v) is 10.1. The third-order valence-corrected chi connectivity index (χ3v) is 7.32. The lowest BCUT2D eigenvalue weighted by Crippen LogP contribution is -2.44. The van der Waals surface area contributed by atoms with Crippen molar-refractivity contribution >= 4 is 5.91 Å². The Hall–Kier alpha value is -3.42. The highest BCUT2D eigenvalue weighted by molar-refractivity contribution is 5.94. The molecule has 0 unspecified atom stereocenters. The summed E-state index contributed by atoms with van der Waals surface area (Å²) in [5.41, 5.74) is 1.38. The van der Waals surface area contributed by atoms with Crippen LogP contribution in [0.4, 0.5) is 22.0 Å². The fourth-order valence-corrected chi connectivity index (χ4v) is 4.97. The number of aliphatic hydroxyl groups is 1. The summed E-state index contributed by atoms with van der Waals surface area (Å²) in [6.07, 6.45) is -0.523. The van der Waals surface area contributed by atoms with E-state index in [-0.39, 0.29) is 25.4 Å². The van der Waals surface area contributed by atoms with Gasteiger partial charge in [0.25, 0.3) is 5.91 Å². The number of morpholine rings is 1. The summed E-state index contributed by atoms with van der Waals surface area (Å²) < 4.78 is 86.3. The van der Waals surface area contributed by atoms with E-state index in [2.05, 4.69) is 10.2 Å². The molecule has 3 aromatic rings. The van der Waals surface area contributed by atoms with Gasteiger partial charge in [0.05, 0.1) is 32.0 Å². The van der Waals surface area contributed by atoms with Crippen molar-refractivity contribution in [1.29, 1.82) is 0 Å². The molecule has 2 fully saturated rings. The van der Waals surface area contributed by atoms with E-state index >= 15 is 0 Å². The minimum atomic E-state index is -2.33. The molecule has 12 heteroatoms. The Labute approximate surface area is 238 Å². The molecule has 2 heterocycles. The van der Waals surface area contributed by atoms with Gasteiger partial charge < -0.3 is 24.6 Å². The first kappa shape index (κ1) is 30.1. The second kappa shape index (κ2) is 13.3. The van der Waals surface area contributed by atoms with E-state index in [4.69, 9.17) is 14.2 Å². The van der Waals surface area contributed by atoms with Crippen molar-refractivity contribution in [3.63, 3.8) is 0 Å². The van der Waals surface area contributed by atoms with Crippen LogP contribution in [0.5, 0.6) is 0 Å². The fourth-order valence-electron chi connectivity index (χ4n) is 4.97. The molecule has 3 atom stereocenters. The normalized spacial score (nSPS) is 21.3. The average molecular weight is 593 g/mol. The molecule has 0 saturated carbocycles. The Bertz CT molecular complexity index is 1370. The fraction of sp³-hybridized carbons (Fsp3) is 0.367. The van der Waals surface area contributed by atoms with Gasteiger partial charge in [-0.25, -0.2) is 22.0 Å². The van der Waals surface area contributed by atoms with Crippen molar-refractivity contribution in [2.75, 3.05) is 32.8 Å². The summed E-state index contributed by atoms with van der Waals surface area (Å²) in [5.74, 6) is -12.5. The van der Waals surface area contributed by atoms with Crippen LogP contribution in [-0.2, 0) is 27.4 Å². The highest BCUT2D eigenvalue weighted by Crippen LogP contribution is 2.38. The van der Waals surface area contributed by atoms with E-state index in [1.165, 1.54) is 0 Å². The van der Waals surface area contributed by atoms with Gasteiger partial charge in [-0.1, -0.05) is 48.5 Å². The Balaban J connectivity index is 1.28. The zero-order valence-corrected chi connectivity index (χ0v) is 22.4. The quantitative estimate of drug-likeness (QED) is 0.225. The van der Waals surface area contributed by atoms with E-state index in [0.29, 0.717) is 37.3 Å². The molecule has 2 aliphatic heterocycles. The van der Waals surface area contributed by atoms with Crippen LogP contribution in [0.1, 0.15) is 51.4 Å². The summed E-state index contributed by atoms with van der Waals surface area (Å²) >= 11 is 0. The Morgan fingerprint density at radius 2 is 1.38 bits per heavy atom. The van der Waals surface area contributed by atoms with Gasteiger partial charge >= 0.3 is 0 Å². The number of hydrogen-bond donors (Lipinski definition) is 2. The average Bonchev–Trinajstić information content (AvgIpc) is 3.02. The van der Waals surface area contributed by atoms with Gasteiger partial charge in [0.2, 0.25) is 5.82 Å². The number of nitrogens with zero attached hydrogens (tertiary/aromatic N) is 1. The summed E-state index contributed by atoms with van der Waals surface area (Å²) in [6.45, 7) is 3.30. The molecule has 0 aromatic heterocycles. The topological polar surface area (TPSA) is 80.3 Å². The number of ether oxygens (including phenoxy) is 3. The van der Waals surface area contributed by atoms with E-state index < -0.39 is 46.8 Å². The first-order valence-electron chi connectivity index (χ1n) is 13.4.